The molecular formula is C17H16F2N2O. The minimum Gasteiger partial charge on any atom is -0.508 e. The van der Waals surface area contributed by atoms with Crippen molar-refractivity contribution in [2.45, 2.75) is 20.3 Å². The highest BCUT2D eigenvalue weighted by atomic mass is 19.3. The number of phenols is 1. The summed E-state index contributed by atoms with van der Waals surface area (Å²) in [5, 5.41) is 17.5. The number of benzene rings is 2. The molecule has 0 aromatic heterocycles. The fourth-order valence-corrected chi connectivity index (χ4v) is 1.84. The average molecular weight is 302 g/mol. The standard InChI is InChI=1S/C17H16F2N2O/c1-11(13-3-5-15(6-4-13)17(18)19)20-21-12(2)14-7-9-16(22)10-8-14/h3-10,17,22H,1-2H3/b20-11+,21-12+. The second-order valence-electron chi connectivity index (χ2n) is 4.84. The molecular weight excluding hydrogens is 286 g/mol. The molecule has 22 heavy (non-hydrogen) atoms. The number of hydrogen-bond acceptors (Lipinski definition) is 3. The summed E-state index contributed by atoms with van der Waals surface area (Å²) in [4.78, 5) is 0. The molecule has 2 aromatic carbocycles. The van der Waals surface area contributed by atoms with Gasteiger partial charge in [0.1, 0.15) is 5.75 Å². The van der Waals surface area contributed by atoms with Crippen molar-refractivity contribution in [1.29, 1.82) is 0 Å². The first-order valence-electron chi connectivity index (χ1n) is 6.74. The summed E-state index contributed by atoms with van der Waals surface area (Å²) in [6.07, 6.45) is -2.47. The average Bonchev–Trinajstić information content (AvgIpc) is 2.53. The maximum atomic E-state index is 12.5. The Kier molecular flexibility index (Phi) is 4.99. The van der Waals surface area contributed by atoms with Crippen LogP contribution in [0.15, 0.2) is 58.7 Å². The summed E-state index contributed by atoms with van der Waals surface area (Å²) in [6, 6.07) is 12.6. The topological polar surface area (TPSA) is 45.0 Å². The highest BCUT2D eigenvalue weighted by Gasteiger charge is 2.06. The third-order valence-electron chi connectivity index (χ3n) is 3.22. The highest BCUT2D eigenvalue weighted by molar-refractivity contribution is 6.01. The van der Waals surface area contributed by atoms with Crippen molar-refractivity contribution >= 4 is 11.4 Å². The van der Waals surface area contributed by atoms with Gasteiger partial charge >= 0.3 is 0 Å². The van der Waals surface area contributed by atoms with Gasteiger partial charge in [-0.2, -0.15) is 10.2 Å². The summed E-state index contributed by atoms with van der Waals surface area (Å²) < 4.78 is 25.0. The lowest BCUT2D eigenvalue weighted by Crippen LogP contribution is -1.97. The summed E-state index contributed by atoms with van der Waals surface area (Å²) in [6.45, 7) is 3.58. The van der Waals surface area contributed by atoms with Gasteiger partial charge in [0.2, 0.25) is 0 Å². The van der Waals surface area contributed by atoms with Gasteiger partial charge in [-0.05, 0) is 49.2 Å². The molecule has 0 saturated heterocycles. The van der Waals surface area contributed by atoms with Gasteiger partial charge in [-0.25, -0.2) is 8.78 Å². The number of alkyl halides is 2. The first-order chi connectivity index (χ1) is 10.5. The van der Waals surface area contributed by atoms with Crippen LogP contribution in [0.5, 0.6) is 5.75 Å². The molecule has 0 amide bonds. The Bertz CT molecular complexity index is 690. The lowest BCUT2D eigenvalue weighted by molar-refractivity contribution is 0.151. The maximum Gasteiger partial charge on any atom is 0.263 e. The molecule has 114 valence electrons. The van der Waals surface area contributed by atoms with E-state index in [9.17, 15) is 13.9 Å². The van der Waals surface area contributed by atoms with E-state index in [4.69, 9.17) is 0 Å². The van der Waals surface area contributed by atoms with Crippen LogP contribution < -0.4 is 0 Å². The number of rotatable bonds is 4. The molecule has 3 nitrogen and oxygen atoms in total. The molecule has 2 rings (SSSR count). The summed E-state index contributed by atoms with van der Waals surface area (Å²) in [5.41, 5.74) is 2.91. The van der Waals surface area contributed by atoms with Crippen LogP contribution in [0.4, 0.5) is 8.78 Å². The lowest BCUT2D eigenvalue weighted by Gasteiger charge is -2.03. The van der Waals surface area contributed by atoms with Crippen LogP contribution in [0.25, 0.3) is 0 Å². The Balaban J connectivity index is 2.17. The minimum atomic E-state index is -2.47. The lowest BCUT2D eigenvalue weighted by atomic mass is 10.1. The molecule has 0 aliphatic carbocycles. The molecule has 0 spiro atoms. The summed E-state index contributed by atoms with van der Waals surface area (Å²) in [5.74, 6) is 0.190. The van der Waals surface area contributed by atoms with Gasteiger partial charge in [-0.15, -0.1) is 0 Å². The predicted molar refractivity (Wildman–Crippen MR) is 83.9 cm³/mol. The summed E-state index contributed by atoms with van der Waals surface area (Å²) >= 11 is 0. The van der Waals surface area contributed by atoms with Crippen molar-refractivity contribution in [1.82, 2.24) is 0 Å². The van der Waals surface area contributed by atoms with Crippen molar-refractivity contribution in [2.75, 3.05) is 0 Å². The first-order valence-corrected chi connectivity index (χ1v) is 6.74. The minimum absolute atomic E-state index is 0.0136. The second kappa shape index (κ2) is 6.93. The summed E-state index contributed by atoms with van der Waals surface area (Å²) in [7, 11) is 0. The van der Waals surface area contributed by atoms with Gasteiger partial charge in [-0.3, -0.25) is 0 Å². The molecule has 0 aliphatic rings. The zero-order valence-electron chi connectivity index (χ0n) is 12.3. The van der Waals surface area contributed by atoms with E-state index in [1.807, 2.05) is 6.92 Å². The van der Waals surface area contributed by atoms with E-state index in [1.54, 1.807) is 43.3 Å². The number of aromatic hydroxyl groups is 1. The fourth-order valence-electron chi connectivity index (χ4n) is 1.84. The Morgan fingerprint density at radius 2 is 1.23 bits per heavy atom. The smallest absolute Gasteiger partial charge is 0.263 e. The van der Waals surface area contributed by atoms with Crippen molar-refractivity contribution in [3.05, 3.63) is 65.2 Å². The fraction of sp³-hybridized carbons (Fsp3) is 0.176. The monoisotopic (exact) mass is 302 g/mol. The first kappa shape index (κ1) is 15.8. The molecule has 0 heterocycles. The van der Waals surface area contributed by atoms with Gasteiger partial charge in [0.05, 0.1) is 11.4 Å². The molecule has 0 atom stereocenters. The third kappa shape index (κ3) is 3.97. The van der Waals surface area contributed by atoms with Gasteiger partial charge in [-0.1, -0.05) is 24.3 Å². The second-order valence-corrected chi connectivity index (χ2v) is 4.84. The van der Waals surface area contributed by atoms with Crippen LogP contribution in [-0.2, 0) is 0 Å². The van der Waals surface area contributed by atoms with Gasteiger partial charge in [0.25, 0.3) is 6.43 Å². The number of phenolic OH excluding ortho intramolecular Hbond substituents is 1. The van der Waals surface area contributed by atoms with Gasteiger partial charge < -0.3 is 5.11 Å². The number of nitrogens with zero attached hydrogens (tertiary/aromatic N) is 2. The quantitative estimate of drug-likeness (QED) is 0.653. The maximum absolute atomic E-state index is 12.5. The number of hydrogen-bond donors (Lipinski definition) is 1. The molecule has 5 heteroatoms. The van der Waals surface area contributed by atoms with Crippen LogP contribution >= 0.6 is 0 Å². The highest BCUT2D eigenvalue weighted by Crippen LogP contribution is 2.19. The van der Waals surface area contributed by atoms with Crippen molar-refractivity contribution < 1.29 is 13.9 Å². The normalized spacial score (nSPS) is 12.8. The van der Waals surface area contributed by atoms with Gasteiger partial charge in [0, 0.05) is 5.56 Å². The zero-order valence-corrected chi connectivity index (χ0v) is 12.3. The van der Waals surface area contributed by atoms with Gasteiger partial charge in [0.15, 0.2) is 0 Å². The van der Waals surface area contributed by atoms with E-state index in [-0.39, 0.29) is 11.3 Å². The molecule has 0 aliphatic heterocycles. The van der Waals surface area contributed by atoms with E-state index < -0.39 is 6.43 Å². The van der Waals surface area contributed by atoms with Crippen LogP contribution in [0.1, 0.15) is 37.0 Å². The Morgan fingerprint density at radius 1 is 0.818 bits per heavy atom. The molecule has 0 unspecified atom stereocenters. The Labute approximate surface area is 127 Å². The van der Waals surface area contributed by atoms with E-state index in [2.05, 4.69) is 10.2 Å². The SMILES string of the molecule is C/C(=N\N=C(/C)c1ccc(C(F)F)cc1)c1ccc(O)cc1. The predicted octanol–water partition coefficient (Wildman–Crippen LogP) is 4.56. The zero-order chi connectivity index (χ0) is 16.1. The molecule has 0 saturated carbocycles. The van der Waals surface area contributed by atoms with E-state index in [0.29, 0.717) is 11.4 Å². The van der Waals surface area contributed by atoms with Crippen LogP contribution in [-0.4, -0.2) is 16.5 Å². The van der Waals surface area contributed by atoms with Crippen LogP contribution in [0, 0.1) is 0 Å². The van der Waals surface area contributed by atoms with Crippen LogP contribution in [0.2, 0.25) is 0 Å². The van der Waals surface area contributed by atoms with Crippen LogP contribution in [0.3, 0.4) is 0 Å². The van der Waals surface area contributed by atoms with E-state index in [0.717, 1.165) is 11.1 Å². The van der Waals surface area contributed by atoms with Crippen molar-refractivity contribution in [2.24, 2.45) is 10.2 Å². The number of halogens is 2. The Hall–Kier alpha value is -2.56. The van der Waals surface area contributed by atoms with E-state index in [1.165, 1.54) is 12.1 Å². The molecule has 0 bridgehead atoms. The molecule has 0 fully saturated rings. The van der Waals surface area contributed by atoms with Crippen molar-refractivity contribution in [3.8, 4) is 5.75 Å². The molecule has 2 aromatic rings. The third-order valence-corrected chi connectivity index (χ3v) is 3.22. The largest absolute Gasteiger partial charge is 0.508 e. The molecule has 0 radical (unpaired) electrons. The van der Waals surface area contributed by atoms with E-state index >= 15 is 0 Å². The Morgan fingerprint density at radius 3 is 1.64 bits per heavy atom. The molecule has 1 N–H and O–H groups in total. The van der Waals surface area contributed by atoms with Crippen molar-refractivity contribution in [3.63, 3.8) is 0 Å².